The SMILES string of the molecule is CN(Cc1ccccc1)CC(NC(=O)OCC1c2ccccc2-c2ccccc21)C(=O)Nc1ccc(I)cc1C(=O)O. The minimum absolute atomic E-state index is 0.0345. The maximum Gasteiger partial charge on any atom is 0.407 e. The second-order valence-corrected chi connectivity index (χ2v) is 11.4. The molecule has 0 aliphatic heterocycles. The van der Waals surface area contributed by atoms with Gasteiger partial charge in [0.15, 0.2) is 0 Å². The zero-order valence-electron chi connectivity index (χ0n) is 22.9. The smallest absolute Gasteiger partial charge is 0.407 e. The average molecular weight is 676 g/mol. The summed E-state index contributed by atoms with van der Waals surface area (Å²) in [6.07, 6.45) is -0.730. The zero-order chi connectivity index (χ0) is 29.6. The molecule has 1 unspecified atom stereocenters. The lowest BCUT2D eigenvalue weighted by atomic mass is 9.98. The lowest BCUT2D eigenvalue weighted by Gasteiger charge is -2.25. The first kappa shape index (κ1) is 29.3. The summed E-state index contributed by atoms with van der Waals surface area (Å²) in [7, 11) is 1.85. The van der Waals surface area contributed by atoms with Crippen LogP contribution in [0.25, 0.3) is 11.1 Å². The molecular formula is C33H30IN3O5. The molecule has 0 heterocycles. The number of nitrogens with one attached hydrogen (secondary N) is 2. The Labute approximate surface area is 257 Å². The van der Waals surface area contributed by atoms with Crippen molar-refractivity contribution in [1.29, 1.82) is 0 Å². The molecule has 0 fully saturated rings. The van der Waals surface area contributed by atoms with Crippen LogP contribution in [-0.2, 0) is 16.1 Å². The number of carboxylic acid groups (broad SMARTS) is 1. The number of nitrogens with zero attached hydrogens (tertiary/aromatic N) is 1. The summed E-state index contributed by atoms with van der Waals surface area (Å²) in [5, 5.41) is 15.1. The number of hydrogen-bond acceptors (Lipinski definition) is 5. The monoisotopic (exact) mass is 675 g/mol. The van der Waals surface area contributed by atoms with Crippen molar-refractivity contribution in [2.45, 2.75) is 18.5 Å². The standard InChI is InChI=1S/C33H30IN3O5/c1-37(18-21-9-3-2-4-10-21)19-30(31(38)35-29-16-15-22(34)17-27(29)32(39)40)36-33(41)42-20-28-25-13-7-5-11-23(25)24-12-6-8-14-26(24)28/h2-17,28,30H,18-20H2,1H3,(H,35,38)(H,36,41)(H,39,40). The summed E-state index contributed by atoms with van der Waals surface area (Å²) in [4.78, 5) is 40.3. The van der Waals surface area contributed by atoms with Gasteiger partial charge in [-0.05, 0) is 75.7 Å². The number of hydrogen-bond donors (Lipinski definition) is 3. The van der Waals surface area contributed by atoms with Gasteiger partial charge in [-0.2, -0.15) is 0 Å². The number of likely N-dealkylation sites (N-methyl/N-ethyl adjacent to an activating group) is 1. The maximum atomic E-state index is 13.5. The van der Waals surface area contributed by atoms with E-state index in [1.165, 1.54) is 6.07 Å². The van der Waals surface area contributed by atoms with Crippen LogP contribution in [0.1, 0.15) is 33.0 Å². The molecule has 1 atom stereocenters. The molecule has 9 heteroatoms. The number of benzene rings is 4. The number of aromatic carboxylic acids is 1. The molecule has 0 bridgehead atoms. The van der Waals surface area contributed by atoms with Gasteiger partial charge in [0, 0.05) is 22.6 Å². The van der Waals surface area contributed by atoms with Crippen molar-refractivity contribution >= 4 is 46.2 Å². The molecule has 4 aromatic rings. The van der Waals surface area contributed by atoms with Crippen molar-refractivity contribution < 1.29 is 24.2 Å². The van der Waals surface area contributed by atoms with E-state index in [0.29, 0.717) is 6.54 Å². The summed E-state index contributed by atoms with van der Waals surface area (Å²) in [6, 6.07) is 29.6. The van der Waals surface area contributed by atoms with Crippen molar-refractivity contribution in [3.63, 3.8) is 0 Å². The van der Waals surface area contributed by atoms with Crippen LogP contribution < -0.4 is 10.6 Å². The predicted molar refractivity (Wildman–Crippen MR) is 170 cm³/mol. The van der Waals surface area contributed by atoms with Crippen molar-refractivity contribution in [2.24, 2.45) is 0 Å². The summed E-state index contributed by atoms with van der Waals surface area (Å²) < 4.78 is 6.43. The third-order valence-corrected chi connectivity index (χ3v) is 7.88. The van der Waals surface area contributed by atoms with Gasteiger partial charge >= 0.3 is 12.1 Å². The summed E-state index contributed by atoms with van der Waals surface area (Å²) in [5.41, 5.74) is 5.57. The maximum absolute atomic E-state index is 13.5. The van der Waals surface area contributed by atoms with Gasteiger partial charge < -0.3 is 20.5 Å². The third kappa shape index (κ3) is 6.80. The van der Waals surface area contributed by atoms with Gasteiger partial charge in [0.05, 0.1) is 11.3 Å². The predicted octanol–water partition coefficient (Wildman–Crippen LogP) is 5.97. The molecule has 0 saturated heterocycles. The third-order valence-electron chi connectivity index (χ3n) is 7.21. The van der Waals surface area contributed by atoms with E-state index < -0.39 is 24.0 Å². The minimum atomic E-state index is -1.16. The Morgan fingerprint density at radius 1 is 0.905 bits per heavy atom. The van der Waals surface area contributed by atoms with E-state index in [2.05, 4.69) is 22.8 Å². The van der Waals surface area contributed by atoms with Crippen LogP contribution in [0.2, 0.25) is 0 Å². The van der Waals surface area contributed by atoms with Gasteiger partial charge in [0.25, 0.3) is 0 Å². The number of halogens is 1. The van der Waals surface area contributed by atoms with Crippen LogP contribution in [0.15, 0.2) is 97.1 Å². The fraction of sp³-hybridized carbons (Fsp3) is 0.182. The van der Waals surface area contributed by atoms with Gasteiger partial charge in [-0.3, -0.25) is 9.69 Å². The Hall–Kier alpha value is -4.22. The molecule has 4 aromatic carbocycles. The van der Waals surface area contributed by atoms with Gasteiger partial charge in [0.2, 0.25) is 5.91 Å². The van der Waals surface area contributed by atoms with Crippen LogP contribution in [0.3, 0.4) is 0 Å². The van der Waals surface area contributed by atoms with Gasteiger partial charge in [-0.25, -0.2) is 9.59 Å². The van der Waals surface area contributed by atoms with Gasteiger partial charge in [0.1, 0.15) is 12.6 Å². The van der Waals surface area contributed by atoms with Gasteiger partial charge in [-0.15, -0.1) is 0 Å². The number of carboxylic acids is 1. The van der Waals surface area contributed by atoms with E-state index in [0.717, 1.165) is 31.4 Å². The van der Waals surface area contributed by atoms with Crippen LogP contribution in [-0.4, -0.2) is 54.2 Å². The molecule has 42 heavy (non-hydrogen) atoms. The molecule has 0 aromatic heterocycles. The Kier molecular flexibility index (Phi) is 9.19. The molecule has 0 radical (unpaired) electrons. The second kappa shape index (κ2) is 13.2. The number of amides is 2. The molecule has 1 aliphatic rings. The highest BCUT2D eigenvalue weighted by Gasteiger charge is 2.30. The zero-order valence-corrected chi connectivity index (χ0v) is 25.1. The molecule has 8 nitrogen and oxygen atoms in total. The van der Waals surface area contributed by atoms with E-state index in [9.17, 15) is 19.5 Å². The Morgan fingerprint density at radius 3 is 2.17 bits per heavy atom. The minimum Gasteiger partial charge on any atom is -0.478 e. The first-order chi connectivity index (χ1) is 20.3. The normalized spacial score (nSPS) is 12.7. The van der Waals surface area contributed by atoms with Crippen molar-refractivity contribution in [2.75, 3.05) is 25.5 Å². The molecule has 5 rings (SSSR count). The summed E-state index contributed by atoms with van der Waals surface area (Å²) in [5.74, 6) is -1.83. The van der Waals surface area contributed by atoms with Crippen molar-refractivity contribution in [3.8, 4) is 11.1 Å². The summed E-state index contributed by atoms with van der Waals surface area (Å²) >= 11 is 2.01. The lowest BCUT2D eigenvalue weighted by molar-refractivity contribution is -0.118. The molecule has 0 saturated carbocycles. The quantitative estimate of drug-likeness (QED) is 0.179. The number of rotatable bonds is 10. The van der Waals surface area contributed by atoms with E-state index in [1.807, 2.05) is 101 Å². The van der Waals surface area contributed by atoms with Gasteiger partial charge in [-0.1, -0.05) is 78.9 Å². The lowest BCUT2D eigenvalue weighted by Crippen LogP contribution is -2.50. The number of fused-ring (bicyclic) bond motifs is 3. The van der Waals surface area contributed by atoms with Crippen LogP contribution in [0.4, 0.5) is 10.5 Å². The first-order valence-electron chi connectivity index (χ1n) is 13.5. The fourth-order valence-electron chi connectivity index (χ4n) is 5.27. The summed E-state index contributed by atoms with van der Waals surface area (Å²) in [6.45, 7) is 0.812. The number of ether oxygens (including phenoxy) is 1. The Morgan fingerprint density at radius 2 is 1.52 bits per heavy atom. The van der Waals surface area contributed by atoms with Crippen molar-refractivity contribution in [3.05, 3.63) is 123 Å². The topological polar surface area (TPSA) is 108 Å². The van der Waals surface area contributed by atoms with E-state index in [-0.39, 0.29) is 30.3 Å². The fourth-order valence-corrected chi connectivity index (χ4v) is 5.76. The molecule has 0 spiro atoms. The molecule has 214 valence electrons. The number of alkyl carbamates (subject to hydrolysis) is 1. The van der Waals surface area contributed by atoms with Crippen molar-refractivity contribution in [1.82, 2.24) is 10.2 Å². The Bertz CT molecular complexity index is 1570. The number of carbonyl (C=O) groups is 3. The average Bonchev–Trinajstić information content (AvgIpc) is 3.30. The van der Waals surface area contributed by atoms with Crippen LogP contribution in [0, 0.1) is 3.57 Å². The highest BCUT2D eigenvalue weighted by atomic mass is 127. The van der Waals surface area contributed by atoms with E-state index in [4.69, 9.17) is 4.74 Å². The number of anilines is 1. The number of carbonyl (C=O) groups excluding carboxylic acids is 2. The highest BCUT2D eigenvalue weighted by Crippen LogP contribution is 2.44. The largest absolute Gasteiger partial charge is 0.478 e. The molecule has 3 N–H and O–H groups in total. The van der Waals surface area contributed by atoms with E-state index in [1.54, 1.807) is 12.1 Å². The molecule has 2 amide bonds. The molecular weight excluding hydrogens is 645 g/mol. The highest BCUT2D eigenvalue weighted by molar-refractivity contribution is 14.1. The van der Waals surface area contributed by atoms with E-state index >= 15 is 0 Å². The first-order valence-corrected chi connectivity index (χ1v) is 14.6. The van der Waals surface area contributed by atoms with Crippen LogP contribution >= 0.6 is 22.6 Å². The second-order valence-electron chi connectivity index (χ2n) is 10.2. The Balaban J connectivity index is 1.31. The van der Waals surface area contributed by atoms with Crippen LogP contribution in [0.5, 0.6) is 0 Å². The molecule has 1 aliphatic carbocycles.